The Balaban J connectivity index is 2.89. The van der Waals surface area contributed by atoms with E-state index < -0.39 is 11.4 Å². The zero-order valence-electron chi connectivity index (χ0n) is 7.02. The number of aromatic nitrogens is 2. The lowest BCUT2D eigenvalue weighted by molar-refractivity contribution is 0.0695. The van der Waals surface area contributed by atoms with Gasteiger partial charge in [-0.3, -0.25) is 9.78 Å². The molecule has 0 radical (unpaired) electrons. The van der Waals surface area contributed by atoms with Crippen LogP contribution in [0, 0.1) is 0 Å². The maximum atomic E-state index is 11.5. The highest BCUT2D eigenvalue weighted by Gasteiger charge is 2.10. The molecular weight excluding hydrogens is 184 g/mol. The molecule has 5 heteroatoms. The van der Waals surface area contributed by atoms with Gasteiger partial charge in [-0.2, -0.15) is 0 Å². The Kier molecular flexibility index (Phi) is 1.78. The molecule has 0 atom stereocenters. The van der Waals surface area contributed by atoms with Crippen LogP contribution in [0.1, 0.15) is 10.4 Å². The summed E-state index contributed by atoms with van der Waals surface area (Å²) < 4.78 is 0. The van der Waals surface area contributed by atoms with E-state index in [9.17, 15) is 9.59 Å². The molecule has 0 aromatic carbocycles. The van der Waals surface area contributed by atoms with Crippen molar-refractivity contribution in [2.45, 2.75) is 0 Å². The van der Waals surface area contributed by atoms with Gasteiger partial charge in [-0.05, 0) is 6.07 Å². The fourth-order valence-corrected chi connectivity index (χ4v) is 1.22. The van der Waals surface area contributed by atoms with Crippen LogP contribution in [0.5, 0.6) is 0 Å². The van der Waals surface area contributed by atoms with Crippen molar-refractivity contribution in [1.82, 2.24) is 9.97 Å². The van der Waals surface area contributed by atoms with Gasteiger partial charge in [0, 0.05) is 18.6 Å². The molecule has 0 spiro atoms. The molecule has 0 bridgehead atoms. The predicted molar refractivity (Wildman–Crippen MR) is 49.3 cm³/mol. The Bertz CT molecular complexity index is 559. The number of hydrogen-bond acceptors (Lipinski definition) is 3. The third kappa shape index (κ3) is 1.15. The number of carboxylic acid groups (broad SMARTS) is 1. The Morgan fingerprint density at radius 1 is 1.50 bits per heavy atom. The van der Waals surface area contributed by atoms with Crippen molar-refractivity contribution in [1.29, 1.82) is 0 Å². The van der Waals surface area contributed by atoms with Crippen LogP contribution in [-0.2, 0) is 0 Å². The SMILES string of the molecule is O=C(O)c1c[nH]c2ccncc2c1=O. The summed E-state index contributed by atoms with van der Waals surface area (Å²) in [7, 11) is 0. The monoisotopic (exact) mass is 190 g/mol. The van der Waals surface area contributed by atoms with Gasteiger partial charge in [0.05, 0.1) is 10.9 Å². The number of pyridine rings is 2. The first-order valence-corrected chi connectivity index (χ1v) is 3.89. The van der Waals surface area contributed by atoms with Gasteiger partial charge >= 0.3 is 5.97 Å². The van der Waals surface area contributed by atoms with Gasteiger partial charge in [0.1, 0.15) is 5.56 Å². The first kappa shape index (κ1) is 8.43. The molecule has 2 rings (SSSR count). The first-order chi connectivity index (χ1) is 6.70. The number of nitrogens with one attached hydrogen (secondary N) is 1. The molecule has 14 heavy (non-hydrogen) atoms. The topological polar surface area (TPSA) is 83.0 Å². The van der Waals surface area contributed by atoms with E-state index >= 15 is 0 Å². The first-order valence-electron chi connectivity index (χ1n) is 3.89. The molecular formula is C9H6N2O3. The van der Waals surface area contributed by atoms with Crippen LogP contribution in [-0.4, -0.2) is 21.0 Å². The molecule has 5 nitrogen and oxygen atoms in total. The number of rotatable bonds is 1. The second kappa shape index (κ2) is 2.95. The summed E-state index contributed by atoms with van der Waals surface area (Å²) in [5.74, 6) is -1.24. The van der Waals surface area contributed by atoms with Gasteiger partial charge in [-0.1, -0.05) is 0 Å². The number of carboxylic acids is 1. The highest BCUT2D eigenvalue weighted by atomic mass is 16.4. The molecule has 0 amide bonds. The van der Waals surface area contributed by atoms with Crippen LogP contribution in [0.25, 0.3) is 10.9 Å². The van der Waals surface area contributed by atoms with Crippen LogP contribution in [0.4, 0.5) is 0 Å². The second-order valence-electron chi connectivity index (χ2n) is 2.76. The van der Waals surface area contributed by atoms with Crippen LogP contribution < -0.4 is 5.43 Å². The summed E-state index contributed by atoms with van der Waals surface area (Å²) in [5.41, 5.74) is -0.208. The molecule has 2 aromatic heterocycles. The molecule has 0 unspecified atom stereocenters. The summed E-state index contributed by atoms with van der Waals surface area (Å²) >= 11 is 0. The molecule has 70 valence electrons. The van der Waals surface area contributed by atoms with E-state index in [2.05, 4.69) is 9.97 Å². The number of hydrogen-bond donors (Lipinski definition) is 2. The third-order valence-corrected chi connectivity index (χ3v) is 1.91. The van der Waals surface area contributed by atoms with E-state index in [0.717, 1.165) is 0 Å². The molecule has 0 aliphatic rings. The largest absolute Gasteiger partial charge is 0.477 e. The van der Waals surface area contributed by atoms with Crippen molar-refractivity contribution in [3.63, 3.8) is 0 Å². The number of aromatic carboxylic acids is 1. The lowest BCUT2D eigenvalue weighted by Gasteiger charge is -1.97. The van der Waals surface area contributed by atoms with Crippen LogP contribution in [0.2, 0.25) is 0 Å². The average molecular weight is 190 g/mol. The standard InChI is InChI=1S/C9H6N2O3/c12-8-5-3-10-2-1-7(5)11-4-6(8)9(13)14/h1-4H,(H,11,12)(H,13,14). The van der Waals surface area contributed by atoms with E-state index in [1.807, 2.05) is 0 Å². The van der Waals surface area contributed by atoms with Crippen molar-refractivity contribution in [3.8, 4) is 0 Å². The fraction of sp³-hybridized carbons (Fsp3) is 0. The Hall–Kier alpha value is -2.17. The Morgan fingerprint density at radius 2 is 2.29 bits per heavy atom. The van der Waals surface area contributed by atoms with E-state index in [4.69, 9.17) is 5.11 Å². The maximum absolute atomic E-state index is 11.5. The summed E-state index contributed by atoms with van der Waals surface area (Å²) in [6, 6.07) is 1.61. The fourth-order valence-electron chi connectivity index (χ4n) is 1.22. The van der Waals surface area contributed by atoms with Gasteiger partial charge in [0.15, 0.2) is 0 Å². The quantitative estimate of drug-likeness (QED) is 0.690. The number of H-pyrrole nitrogens is 1. The number of fused-ring (bicyclic) bond motifs is 1. The van der Waals surface area contributed by atoms with E-state index in [1.165, 1.54) is 18.6 Å². The number of carbonyl (C=O) groups is 1. The molecule has 2 aromatic rings. The molecule has 2 N–H and O–H groups in total. The molecule has 2 heterocycles. The van der Waals surface area contributed by atoms with Crippen LogP contribution in [0.15, 0.2) is 29.5 Å². The van der Waals surface area contributed by atoms with Gasteiger partial charge in [0.25, 0.3) is 0 Å². The highest BCUT2D eigenvalue weighted by Crippen LogP contribution is 2.04. The zero-order chi connectivity index (χ0) is 10.1. The Labute approximate surface area is 78.0 Å². The molecule has 0 saturated carbocycles. The van der Waals surface area contributed by atoms with Gasteiger partial charge < -0.3 is 10.1 Å². The smallest absolute Gasteiger partial charge is 0.341 e. The van der Waals surface area contributed by atoms with Gasteiger partial charge in [0.2, 0.25) is 5.43 Å². The average Bonchev–Trinajstić information content (AvgIpc) is 2.18. The summed E-state index contributed by atoms with van der Waals surface area (Å²) in [4.78, 5) is 28.6. The minimum atomic E-state index is -1.24. The van der Waals surface area contributed by atoms with Crippen molar-refractivity contribution >= 4 is 16.9 Å². The lowest BCUT2D eigenvalue weighted by atomic mass is 10.2. The summed E-state index contributed by atoms with van der Waals surface area (Å²) in [5, 5.41) is 8.97. The molecule has 0 fully saturated rings. The predicted octanol–water partition coefficient (Wildman–Crippen LogP) is 0.621. The third-order valence-electron chi connectivity index (χ3n) is 1.91. The molecule has 0 saturated heterocycles. The van der Waals surface area contributed by atoms with E-state index in [-0.39, 0.29) is 10.9 Å². The van der Waals surface area contributed by atoms with Gasteiger partial charge in [-0.15, -0.1) is 0 Å². The number of aromatic amines is 1. The van der Waals surface area contributed by atoms with E-state index in [0.29, 0.717) is 5.52 Å². The highest BCUT2D eigenvalue weighted by molar-refractivity contribution is 5.91. The lowest BCUT2D eigenvalue weighted by Crippen LogP contribution is -2.15. The second-order valence-corrected chi connectivity index (χ2v) is 2.76. The van der Waals surface area contributed by atoms with E-state index in [1.54, 1.807) is 6.07 Å². The zero-order valence-corrected chi connectivity index (χ0v) is 7.02. The molecule has 0 aliphatic heterocycles. The Morgan fingerprint density at radius 3 is 3.00 bits per heavy atom. The minimum absolute atomic E-state index is 0.273. The van der Waals surface area contributed by atoms with Crippen molar-refractivity contribution in [3.05, 3.63) is 40.4 Å². The van der Waals surface area contributed by atoms with Gasteiger partial charge in [-0.25, -0.2) is 4.79 Å². The maximum Gasteiger partial charge on any atom is 0.341 e. The molecule has 0 aliphatic carbocycles. The number of nitrogens with zero attached hydrogens (tertiary/aromatic N) is 1. The normalized spacial score (nSPS) is 10.3. The summed E-state index contributed by atoms with van der Waals surface area (Å²) in [6.07, 6.45) is 4.06. The summed E-state index contributed by atoms with van der Waals surface area (Å²) in [6.45, 7) is 0. The van der Waals surface area contributed by atoms with Crippen molar-refractivity contribution in [2.75, 3.05) is 0 Å². The van der Waals surface area contributed by atoms with Crippen LogP contribution in [0.3, 0.4) is 0 Å². The van der Waals surface area contributed by atoms with Crippen molar-refractivity contribution in [2.24, 2.45) is 0 Å². The minimum Gasteiger partial charge on any atom is -0.477 e. The van der Waals surface area contributed by atoms with Crippen LogP contribution >= 0.6 is 0 Å². The van der Waals surface area contributed by atoms with Crippen molar-refractivity contribution < 1.29 is 9.90 Å².